The van der Waals surface area contributed by atoms with Crippen LogP contribution in [0.15, 0.2) is 42.6 Å². The maximum atomic E-state index is 13.3. The lowest BCUT2D eigenvalue weighted by Gasteiger charge is -2.13. The van der Waals surface area contributed by atoms with Crippen molar-refractivity contribution in [1.29, 1.82) is 0 Å². The molecule has 0 radical (unpaired) electrons. The highest BCUT2D eigenvalue weighted by Crippen LogP contribution is 2.34. The zero-order valence-corrected chi connectivity index (χ0v) is 16.1. The van der Waals surface area contributed by atoms with Crippen molar-refractivity contribution in [2.75, 3.05) is 11.9 Å². The summed E-state index contributed by atoms with van der Waals surface area (Å²) in [6, 6.07) is 9.60. The lowest BCUT2D eigenvalue weighted by Crippen LogP contribution is -2.21. The number of benzene rings is 2. The Morgan fingerprint density at radius 1 is 1.36 bits per heavy atom. The number of carbonyl (C=O) groups excluding carboxylic acids is 1. The molecule has 1 heterocycles. The summed E-state index contributed by atoms with van der Waals surface area (Å²) in [6.07, 6.45) is 1.64. The van der Waals surface area contributed by atoms with Gasteiger partial charge in [-0.15, -0.1) is 0 Å². The minimum absolute atomic E-state index is 0.223. The molecular formula is C18H13ClFIN2O2. The highest BCUT2D eigenvalue weighted by molar-refractivity contribution is 14.1. The van der Waals surface area contributed by atoms with Gasteiger partial charge in [-0.05, 0) is 65.4 Å². The first-order chi connectivity index (χ1) is 12.0. The number of amides is 1. The van der Waals surface area contributed by atoms with Gasteiger partial charge >= 0.3 is 0 Å². The van der Waals surface area contributed by atoms with Crippen molar-refractivity contribution < 1.29 is 13.9 Å². The van der Waals surface area contributed by atoms with E-state index < -0.39 is 5.82 Å². The molecule has 128 valence electrons. The number of carbonyl (C=O) groups is 1. The second-order valence-electron chi connectivity index (χ2n) is 5.37. The van der Waals surface area contributed by atoms with E-state index in [1.165, 1.54) is 12.1 Å². The summed E-state index contributed by atoms with van der Waals surface area (Å²) in [5, 5.41) is 3.97. The Kier molecular flexibility index (Phi) is 5.39. The van der Waals surface area contributed by atoms with Gasteiger partial charge in [0.25, 0.3) is 5.91 Å². The number of pyridine rings is 1. The van der Waals surface area contributed by atoms with Crippen LogP contribution in [0.25, 0.3) is 10.9 Å². The Labute approximate surface area is 162 Å². The number of ether oxygens (including phenoxy) is 1. The predicted molar refractivity (Wildman–Crippen MR) is 105 cm³/mol. The van der Waals surface area contributed by atoms with Gasteiger partial charge in [0, 0.05) is 17.3 Å². The molecule has 7 heteroatoms. The highest BCUT2D eigenvalue weighted by atomic mass is 127. The van der Waals surface area contributed by atoms with Crippen molar-refractivity contribution in [3.63, 3.8) is 0 Å². The van der Waals surface area contributed by atoms with E-state index in [4.69, 9.17) is 16.3 Å². The van der Waals surface area contributed by atoms with Gasteiger partial charge in [0.2, 0.25) is 0 Å². The number of fused-ring (bicyclic) bond motifs is 1. The van der Waals surface area contributed by atoms with Gasteiger partial charge in [-0.25, -0.2) is 4.39 Å². The van der Waals surface area contributed by atoms with Gasteiger partial charge in [-0.3, -0.25) is 9.78 Å². The molecular weight excluding hydrogens is 458 g/mol. The average molecular weight is 471 g/mol. The SMILES string of the molecule is Cc1ccc(F)cc1NC(=O)COc1c(I)cc(Cl)c2cccnc12. The van der Waals surface area contributed by atoms with E-state index in [0.717, 1.165) is 14.5 Å². The van der Waals surface area contributed by atoms with Crippen molar-refractivity contribution in [3.8, 4) is 5.75 Å². The van der Waals surface area contributed by atoms with Gasteiger partial charge in [0.1, 0.15) is 11.3 Å². The highest BCUT2D eigenvalue weighted by Gasteiger charge is 2.14. The zero-order chi connectivity index (χ0) is 18.0. The van der Waals surface area contributed by atoms with Crippen molar-refractivity contribution in [1.82, 2.24) is 4.98 Å². The molecule has 0 aliphatic carbocycles. The third kappa shape index (κ3) is 4.01. The molecule has 0 unspecified atom stereocenters. The van der Waals surface area contributed by atoms with Crippen LogP contribution in [0.2, 0.25) is 5.02 Å². The molecule has 4 nitrogen and oxygen atoms in total. The molecule has 1 amide bonds. The van der Waals surface area contributed by atoms with Crippen molar-refractivity contribution in [2.45, 2.75) is 6.92 Å². The summed E-state index contributed by atoms with van der Waals surface area (Å²) in [5.74, 6) is -0.306. The van der Waals surface area contributed by atoms with E-state index >= 15 is 0 Å². The normalized spacial score (nSPS) is 10.7. The van der Waals surface area contributed by atoms with Gasteiger partial charge in [-0.2, -0.15) is 0 Å². The van der Waals surface area contributed by atoms with Crippen molar-refractivity contribution in [3.05, 3.63) is 62.6 Å². The van der Waals surface area contributed by atoms with Crippen molar-refractivity contribution >= 4 is 56.7 Å². The van der Waals surface area contributed by atoms with E-state index in [9.17, 15) is 9.18 Å². The number of nitrogens with one attached hydrogen (secondary N) is 1. The van der Waals surface area contributed by atoms with E-state index in [0.29, 0.717) is 22.0 Å². The lowest BCUT2D eigenvalue weighted by atomic mass is 10.2. The summed E-state index contributed by atoms with van der Waals surface area (Å²) >= 11 is 8.30. The second-order valence-corrected chi connectivity index (χ2v) is 6.93. The fraction of sp³-hybridized carbons (Fsp3) is 0.111. The Balaban J connectivity index is 1.79. The molecule has 0 atom stereocenters. The van der Waals surface area contributed by atoms with Crippen LogP contribution >= 0.6 is 34.2 Å². The van der Waals surface area contributed by atoms with Crippen LogP contribution in [0, 0.1) is 16.3 Å². The van der Waals surface area contributed by atoms with E-state index in [1.807, 2.05) is 6.07 Å². The summed E-state index contributed by atoms with van der Waals surface area (Å²) in [7, 11) is 0. The van der Waals surface area contributed by atoms with Gasteiger partial charge in [0.15, 0.2) is 12.4 Å². The van der Waals surface area contributed by atoms with Crippen LogP contribution in [-0.2, 0) is 4.79 Å². The van der Waals surface area contributed by atoms with Crippen LogP contribution in [0.5, 0.6) is 5.75 Å². The second kappa shape index (κ2) is 7.53. The standard InChI is InChI=1S/C18H13ClFIN2O2/c1-10-4-5-11(20)7-15(10)23-16(24)9-25-18-14(21)8-13(19)12-3-2-6-22-17(12)18/h2-8H,9H2,1H3,(H,23,24). The third-order valence-corrected chi connectivity index (χ3v) is 4.69. The van der Waals surface area contributed by atoms with Crippen LogP contribution < -0.4 is 10.1 Å². The summed E-state index contributed by atoms with van der Waals surface area (Å²) in [6.45, 7) is 1.56. The number of hydrogen-bond donors (Lipinski definition) is 1. The molecule has 25 heavy (non-hydrogen) atoms. The first-order valence-corrected chi connectivity index (χ1v) is 8.83. The Morgan fingerprint density at radius 3 is 2.96 bits per heavy atom. The number of rotatable bonds is 4. The number of aryl methyl sites for hydroxylation is 1. The van der Waals surface area contributed by atoms with Crippen LogP contribution in [0.1, 0.15) is 5.56 Å². The monoisotopic (exact) mass is 470 g/mol. The number of nitrogens with zero attached hydrogens (tertiary/aromatic N) is 1. The number of aromatic nitrogens is 1. The van der Waals surface area contributed by atoms with E-state index in [1.54, 1.807) is 31.3 Å². The first-order valence-electron chi connectivity index (χ1n) is 7.37. The fourth-order valence-corrected chi connectivity index (χ4v) is 3.51. The van der Waals surface area contributed by atoms with E-state index in [-0.39, 0.29) is 12.5 Å². The maximum Gasteiger partial charge on any atom is 0.262 e. The van der Waals surface area contributed by atoms with Crippen LogP contribution in [-0.4, -0.2) is 17.5 Å². The zero-order valence-electron chi connectivity index (χ0n) is 13.1. The molecule has 0 bridgehead atoms. The molecule has 0 spiro atoms. The summed E-state index contributed by atoms with van der Waals surface area (Å²) < 4.78 is 19.7. The number of anilines is 1. The van der Waals surface area contributed by atoms with Gasteiger partial charge in [0.05, 0.1) is 8.59 Å². The Morgan fingerprint density at radius 2 is 2.16 bits per heavy atom. The quantitative estimate of drug-likeness (QED) is 0.549. The minimum Gasteiger partial charge on any atom is -0.480 e. The molecule has 0 aliphatic heterocycles. The largest absolute Gasteiger partial charge is 0.480 e. The average Bonchev–Trinajstić information content (AvgIpc) is 2.58. The summed E-state index contributed by atoms with van der Waals surface area (Å²) in [5.41, 5.74) is 1.78. The lowest BCUT2D eigenvalue weighted by molar-refractivity contribution is -0.118. The van der Waals surface area contributed by atoms with E-state index in [2.05, 4.69) is 32.9 Å². The van der Waals surface area contributed by atoms with Gasteiger partial charge < -0.3 is 10.1 Å². The fourth-order valence-electron chi connectivity index (χ4n) is 2.34. The topological polar surface area (TPSA) is 51.2 Å². The molecule has 0 saturated carbocycles. The van der Waals surface area contributed by atoms with Crippen LogP contribution in [0.3, 0.4) is 0 Å². The Bertz CT molecular complexity index is 965. The summed E-state index contributed by atoms with van der Waals surface area (Å²) in [4.78, 5) is 16.5. The molecule has 3 aromatic rings. The molecule has 1 N–H and O–H groups in total. The third-order valence-electron chi connectivity index (χ3n) is 3.57. The number of hydrogen-bond acceptors (Lipinski definition) is 3. The van der Waals surface area contributed by atoms with Crippen LogP contribution in [0.4, 0.5) is 10.1 Å². The molecule has 0 saturated heterocycles. The smallest absolute Gasteiger partial charge is 0.262 e. The molecule has 0 fully saturated rings. The predicted octanol–water partition coefficient (Wildman–Crippen LogP) is 4.96. The first kappa shape index (κ1) is 17.9. The van der Waals surface area contributed by atoms with Crippen molar-refractivity contribution in [2.24, 2.45) is 0 Å². The number of halogens is 3. The maximum absolute atomic E-state index is 13.3. The molecule has 2 aromatic carbocycles. The minimum atomic E-state index is -0.413. The van der Waals surface area contributed by atoms with Gasteiger partial charge in [-0.1, -0.05) is 17.7 Å². The molecule has 0 aliphatic rings. The molecule has 1 aromatic heterocycles. The molecule has 3 rings (SSSR count). The Hall–Kier alpha value is -1.93.